The molecule has 0 bridgehead atoms. The largest absolute Gasteiger partial charge is 0.496 e. The number of hydrogen-bond donors (Lipinski definition) is 1. The second-order valence-electron chi connectivity index (χ2n) is 5.00. The van der Waals surface area contributed by atoms with Gasteiger partial charge in [-0.05, 0) is 49.7 Å². The van der Waals surface area contributed by atoms with E-state index in [9.17, 15) is 9.59 Å². The Morgan fingerprint density at radius 1 is 1.17 bits per heavy atom. The molecule has 2 aromatic carbocycles. The van der Waals surface area contributed by atoms with Crippen molar-refractivity contribution >= 4 is 29.2 Å². The number of hydrogen-bond acceptors (Lipinski definition) is 4. The normalized spacial score (nSPS) is 10.2. The van der Waals surface area contributed by atoms with Gasteiger partial charge in [-0.1, -0.05) is 17.7 Å². The maximum absolute atomic E-state index is 12.5. The van der Waals surface area contributed by atoms with Crippen LogP contribution in [0.3, 0.4) is 0 Å². The van der Waals surface area contributed by atoms with E-state index in [1.54, 1.807) is 44.2 Å². The van der Waals surface area contributed by atoms with Gasteiger partial charge in [0.25, 0.3) is 5.91 Å². The van der Waals surface area contributed by atoms with E-state index in [4.69, 9.17) is 21.1 Å². The number of carbonyl (C=O) groups is 2. The van der Waals surface area contributed by atoms with Gasteiger partial charge in [-0.25, -0.2) is 4.79 Å². The molecular formula is C18H18ClNO4. The van der Waals surface area contributed by atoms with E-state index < -0.39 is 5.97 Å². The van der Waals surface area contributed by atoms with Gasteiger partial charge >= 0.3 is 5.97 Å². The number of halogens is 1. The molecule has 2 aromatic rings. The van der Waals surface area contributed by atoms with Crippen molar-refractivity contribution in [2.75, 3.05) is 19.0 Å². The molecule has 126 valence electrons. The third-order valence-corrected chi connectivity index (χ3v) is 3.72. The van der Waals surface area contributed by atoms with Crippen molar-refractivity contribution in [1.29, 1.82) is 0 Å². The topological polar surface area (TPSA) is 64.6 Å². The van der Waals surface area contributed by atoms with Crippen LogP contribution in [0.5, 0.6) is 5.75 Å². The zero-order valence-electron chi connectivity index (χ0n) is 13.7. The standard InChI is InChI=1S/C18H18ClNO4/c1-4-24-18(22)13-6-5-7-15(11(13)2)20-17(21)14-10-12(19)8-9-16(14)23-3/h5-10H,4H2,1-3H3,(H,20,21). The number of ether oxygens (including phenoxy) is 2. The van der Waals surface area contributed by atoms with Crippen LogP contribution in [0.25, 0.3) is 0 Å². The molecule has 1 amide bonds. The Bertz CT molecular complexity index is 774. The van der Waals surface area contributed by atoms with Gasteiger partial charge in [0.2, 0.25) is 0 Å². The van der Waals surface area contributed by atoms with Crippen LogP contribution in [0.4, 0.5) is 5.69 Å². The second kappa shape index (κ2) is 7.84. The number of benzene rings is 2. The van der Waals surface area contributed by atoms with Gasteiger partial charge in [0.15, 0.2) is 0 Å². The van der Waals surface area contributed by atoms with Crippen molar-refractivity contribution in [1.82, 2.24) is 0 Å². The Morgan fingerprint density at radius 2 is 1.92 bits per heavy atom. The number of anilines is 1. The number of carbonyl (C=O) groups excluding carboxylic acids is 2. The molecule has 0 unspecified atom stereocenters. The first kappa shape index (κ1) is 17.8. The van der Waals surface area contributed by atoms with Gasteiger partial charge in [0.1, 0.15) is 5.75 Å². The first-order chi connectivity index (χ1) is 11.5. The van der Waals surface area contributed by atoms with Gasteiger partial charge in [-0.3, -0.25) is 4.79 Å². The Morgan fingerprint density at radius 3 is 2.58 bits per heavy atom. The zero-order valence-corrected chi connectivity index (χ0v) is 14.4. The average Bonchev–Trinajstić information content (AvgIpc) is 2.56. The molecule has 0 atom stereocenters. The lowest BCUT2D eigenvalue weighted by molar-refractivity contribution is 0.0525. The van der Waals surface area contributed by atoms with E-state index in [1.165, 1.54) is 13.2 Å². The molecule has 0 saturated heterocycles. The van der Waals surface area contributed by atoms with Gasteiger partial charge in [0.05, 0.1) is 24.8 Å². The van der Waals surface area contributed by atoms with E-state index in [0.717, 1.165) is 0 Å². The highest BCUT2D eigenvalue weighted by molar-refractivity contribution is 6.31. The number of amides is 1. The van der Waals surface area contributed by atoms with Crippen molar-refractivity contribution < 1.29 is 19.1 Å². The summed E-state index contributed by atoms with van der Waals surface area (Å²) in [6.45, 7) is 3.77. The quantitative estimate of drug-likeness (QED) is 0.827. The lowest BCUT2D eigenvalue weighted by Crippen LogP contribution is -2.15. The van der Waals surface area contributed by atoms with Crippen molar-refractivity contribution in [3.63, 3.8) is 0 Å². The van der Waals surface area contributed by atoms with E-state index >= 15 is 0 Å². The zero-order chi connectivity index (χ0) is 17.7. The van der Waals surface area contributed by atoms with Crippen LogP contribution in [0.2, 0.25) is 5.02 Å². The molecule has 0 saturated carbocycles. The molecule has 24 heavy (non-hydrogen) atoms. The summed E-state index contributed by atoms with van der Waals surface area (Å²) < 4.78 is 10.2. The summed E-state index contributed by atoms with van der Waals surface area (Å²) in [5, 5.41) is 3.21. The number of esters is 1. The smallest absolute Gasteiger partial charge is 0.338 e. The van der Waals surface area contributed by atoms with Crippen LogP contribution in [0, 0.1) is 6.92 Å². The monoisotopic (exact) mass is 347 g/mol. The first-order valence-electron chi connectivity index (χ1n) is 7.39. The number of methoxy groups -OCH3 is 1. The average molecular weight is 348 g/mol. The molecule has 1 N–H and O–H groups in total. The van der Waals surface area contributed by atoms with Gasteiger partial charge in [-0.2, -0.15) is 0 Å². The highest BCUT2D eigenvalue weighted by Crippen LogP contribution is 2.25. The fourth-order valence-corrected chi connectivity index (χ4v) is 2.42. The van der Waals surface area contributed by atoms with E-state index in [1.807, 2.05) is 0 Å². The molecule has 0 heterocycles. The minimum Gasteiger partial charge on any atom is -0.496 e. The Labute approximate surface area is 145 Å². The maximum atomic E-state index is 12.5. The van der Waals surface area contributed by atoms with Crippen LogP contribution in [0.15, 0.2) is 36.4 Å². The minimum absolute atomic E-state index is 0.286. The highest BCUT2D eigenvalue weighted by Gasteiger charge is 2.17. The third-order valence-electron chi connectivity index (χ3n) is 3.48. The maximum Gasteiger partial charge on any atom is 0.338 e. The summed E-state index contributed by atoms with van der Waals surface area (Å²) >= 11 is 5.96. The van der Waals surface area contributed by atoms with Gasteiger partial charge in [0, 0.05) is 10.7 Å². The van der Waals surface area contributed by atoms with Crippen LogP contribution < -0.4 is 10.1 Å². The molecule has 5 nitrogen and oxygen atoms in total. The van der Waals surface area contributed by atoms with E-state index in [0.29, 0.717) is 33.1 Å². The predicted molar refractivity (Wildman–Crippen MR) is 93.1 cm³/mol. The number of rotatable bonds is 5. The van der Waals surface area contributed by atoms with Crippen LogP contribution in [-0.4, -0.2) is 25.6 Å². The lowest BCUT2D eigenvalue weighted by Gasteiger charge is -2.13. The summed E-state index contributed by atoms with van der Waals surface area (Å²) in [5.41, 5.74) is 1.87. The molecule has 0 fully saturated rings. The predicted octanol–water partition coefficient (Wildman–Crippen LogP) is 4.09. The second-order valence-corrected chi connectivity index (χ2v) is 5.43. The fraction of sp³-hybridized carbons (Fsp3) is 0.222. The van der Waals surface area contributed by atoms with Crippen LogP contribution in [0.1, 0.15) is 33.2 Å². The SMILES string of the molecule is CCOC(=O)c1cccc(NC(=O)c2cc(Cl)ccc2OC)c1C. The molecule has 0 radical (unpaired) electrons. The summed E-state index contributed by atoms with van der Waals surface area (Å²) in [7, 11) is 1.48. The summed E-state index contributed by atoms with van der Waals surface area (Å²) in [5.74, 6) is -0.388. The summed E-state index contributed by atoms with van der Waals surface area (Å²) in [6.07, 6.45) is 0. The molecule has 0 aromatic heterocycles. The fourth-order valence-electron chi connectivity index (χ4n) is 2.25. The molecule has 0 spiro atoms. The van der Waals surface area contributed by atoms with Crippen molar-refractivity contribution in [2.24, 2.45) is 0 Å². The Hall–Kier alpha value is -2.53. The minimum atomic E-state index is -0.425. The van der Waals surface area contributed by atoms with E-state index in [-0.39, 0.29) is 12.5 Å². The van der Waals surface area contributed by atoms with Crippen LogP contribution in [-0.2, 0) is 4.74 Å². The van der Waals surface area contributed by atoms with Crippen molar-refractivity contribution in [3.8, 4) is 5.75 Å². The third kappa shape index (κ3) is 3.86. The molecule has 2 rings (SSSR count). The van der Waals surface area contributed by atoms with E-state index in [2.05, 4.69) is 5.32 Å². The lowest BCUT2D eigenvalue weighted by atomic mass is 10.1. The highest BCUT2D eigenvalue weighted by atomic mass is 35.5. The molecule has 0 aliphatic rings. The molecule has 0 aliphatic carbocycles. The van der Waals surface area contributed by atoms with Crippen LogP contribution >= 0.6 is 11.6 Å². The Kier molecular flexibility index (Phi) is 5.82. The van der Waals surface area contributed by atoms with Gasteiger partial charge < -0.3 is 14.8 Å². The van der Waals surface area contributed by atoms with Crippen molar-refractivity contribution in [2.45, 2.75) is 13.8 Å². The summed E-state index contributed by atoms with van der Waals surface area (Å²) in [6, 6.07) is 9.85. The molecule has 0 aliphatic heterocycles. The molecule has 6 heteroatoms. The van der Waals surface area contributed by atoms with Gasteiger partial charge in [-0.15, -0.1) is 0 Å². The number of nitrogens with one attached hydrogen (secondary N) is 1. The first-order valence-corrected chi connectivity index (χ1v) is 7.77. The van der Waals surface area contributed by atoms with Crippen molar-refractivity contribution in [3.05, 3.63) is 58.1 Å². The molecular weight excluding hydrogens is 330 g/mol. The Balaban J connectivity index is 2.32. The summed E-state index contributed by atoms with van der Waals surface area (Å²) in [4.78, 5) is 24.5.